The Kier molecular flexibility index (Phi) is 8.45. The number of rotatable bonds is 11. The molecule has 0 aliphatic carbocycles. The number of aliphatic carboxylic acids is 1. The number of amides is 4. The number of carbonyl (C=O) groups excluding carboxylic acids is 4. The van der Waals surface area contributed by atoms with E-state index in [0.29, 0.717) is 41.2 Å². The van der Waals surface area contributed by atoms with E-state index in [0.717, 1.165) is 6.42 Å². The summed E-state index contributed by atoms with van der Waals surface area (Å²) in [5, 5.41) is 13.5. The van der Waals surface area contributed by atoms with Crippen molar-refractivity contribution in [1.29, 1.82) is 0 Å². The number of carboxylic acids is 1. The maximum atomic E-state index is 12.9. The molecule has 0 saturated carbocycles. The van der Waals surface area contributed by atoms with E-state index in [1.807, 2.05) is 0 Å². The largest absolute Gasteiger partial charge is 0.611 e. The minimum atomic E-state index is -1.32. The highest BCUT2D eigenvalue weighted by Crippen LogP contribution is 2.32. The Balaban J connectivity index is 1.48. The number of carboxylic acid groups (broad SMARTS) is 1. The van der Waals surface area contributed by atoms with Crippen molar-refractivity contribution in [2.45, 2.75) is 62.4 Å². The van der Waals surface area contributed by atoms with Gasteiger partial charge >= 0.3 is 5.97 Å². The second kappa shape index (κ2) is 11.3. The van der Waals surface area contributed by atoms with E-state index in [4.69, 9.17) is 5.11 Å². The molecule has 0 radical (unpaired) electrons. The zero-order chi connectivity index (χ0) is 24.0. The van der Waals surface area contributed by atoms with E-state index in [2.05, 4.69) is 10.6 Å². The molecule has 2 atom stereocenters. The molecule has 11 heteroatoms. The van der Waals surface area contributed by atoms with Crippen molar-refractivity contribution in [3.63, 3.8) is 0 Å². The number of hydrogen-bond donors (Lipinski definition) is 3. The summed E-state index contributed by atoms with van der Waals surface area (Å²) in [5.41, 5.74) is 1.10. The number of benzene rings is 1. The van der Waals surface area contributed by atoms with Crippen molar-refractivity contribution < 1.29 is 33.6 Å². The van der Waals surface area contributed by atoms with Crippen molar-refractivity contribution >= 4 is 40.8 Å². The average Bonchev–Trinajstić information content (AvgIpc) is 3.11. The molecule has 0 spiro atoms. The molecule has 2 unspecified atom stereocenters. The average molecular weight is 478 g/mol. The number of unbranched alkanes of at least 4 members (excludes halogenated alkanes) is 2. The van der Waals surface area contributed by atoms with Gasteiger partial charge in [0.25, 0.3) is 5.91 Å². The third-order valence-corrected chi connectivity index (χ3v) is 7.21. The monoisotopic (exact) mass is 477 g/mol. The van der Waals surface area contributed by atoms with Crippen LogP contribution in [0, 0.1) is 0 Å². The predicted octanol–water partition coefficient (Wildman–Crippen LogP) is 0.707. The van der Waals surface area contributed by atoms with Crippen LogP contribution in [0.3, 0.4) is 0 Å². The van der Waals surface area contributed by atoms with Gasteiger partial charge in [-0.2, -0.15) is 0 Å². The number of fused-ring (bicyclic) bond motifs is 1. The van der Waals surface area contributed by atoms with Crippen molar-refractivity contribution in [2.24, 2.45) is 0 Å². The van der Waals surface area contributed by atoms with Gasteiger partial charge in [0.05, 0.1) is 13.0 Å². The maximum Gasteiger partial charge on any atom is 0.303 e. The summed E-state index contributed by atoms with van der Waals surface area (Å²) < 4.78 is 12.9. The first kappa shape index (κ1) is 24.7. The third kappa shape index (κ3) is 6.32. The summed E-state index contributed by atoms with van der Waals surface area (Å²) in [6.07, 6.45) is 2.28. The summed E-state index contributed by atoms with van der Waals surface area (Å²) in [5.74, 6) is -2.03. The standard InChI is InChI=1S/C22H27N3O7S/c26-18(9-10-20(28)29)23-11-2-1-3-12-33(32)17-6-4-5-14-15(17)13-25(22(14)31)16-7-8-19(27)24-21(16)30/h4-6,16H,1-3,7-13H2,(H,23,26)(H,28,29)(H,24,27,30). The quantitative estimate of drug-likeness (QED) is 0.241. The molecule has 0 aromatic heterocycles. The van der Waals surface area contributed by atoms with Crippen LogP contribution in [0.25, 0.3) is 0 Å². The second-order valence-electron chi connectivity index (χ2n) is 8.04. The van der Waals surface area contributed by atoms with Gasteiger partial charge in [-0.3, -0.25) is 29.3 Å². The van der Waals surface area contributed by atoms with Crippen LogP contribution in [0.2, 0.25) is 0 Å². The normalized spacial score (nSPS) is 18.6. The summed E-state index contributed by atoms with van der Waals surface area (Å²) in [7, 11) is 0. The van der Waals surface area contributed by atoms with Gasteiger partial charge in [0.15, 0.2) is 4.90 Å². The molecule has 2 aliphatic rings. The SMILES string of the molecule is O=C(O)CCC(=O)NCCCCC[S+]([O-])c1cccc2c1CN(C1CCC(=O)NC1=O)C2=O. The lowest BCUT2D eigenvalue weighted by Crippen LogP contribution is -2.52. The Labute approximate surface area is 194 Å². The van der Waals surface area contributed by atoms with Crippen LogP contribution < -0.4 is 10.6 Å². The molecule has 0 bridgehead atoms. The number of nitrogens with one attached hydrogen (secondary N) is 2. The van der Waals surface area contributed by atoms with Gasteiger partial charge in [0.2, 0.25) is 17.7 Å². The summed E-state index contributed by atoms with van der Waals surface area (Å²) in [6, 6.07) is 4.37. The molecule has 3 rings (SSSR count). The van der Waals surface area contributed by atoms with Crippen molar-refractivity contribution in [3.8, 4) is 0 Å². The topological polar surface area (TPSA) is 156 Å². The highest BCUT2D eigenvalue weighted by Gasteiger charge is 2.41. The molecular formula is C22H27N3O7S. The van der Waals surface area contributed by atoms with Gasteiger partial charge in [0, 0.05) is 30.5 Å². The first-order valence-electron chi connectivity index (χ1n) is 10.9. The van der Waals surface area contributed by atoms with Gasteiger partial charge in [-0.25, -0.2) is 0 Å². The van der Waals surface area contributed by atoms with E-state index >= 15 is 0 Å². The molecule has 2 heterocycles. The lowest BCUT2D eigenvalue weighted by molar-refractivity contribution is -0.139. The molecule has 1 aromatic carbocycles. The molecule has 10 nitrogen and oxygen atoms in total. The minimum absolute atomic E-state index is 0.0486. The van der Waals surface area contributed by atoms with Crippen LogP contribution in [0.5, 0.6) is 0 Å². The zero-order valence-electron chi connectivity index (χ0n) is 18.1. The van der Waals surface area contributed by atoms with Crippen LogP contribution in [0.4, 0.5) is 0 Å². The Morgan fingerprint density at radius 3 is 2.70 bits per heavy atom. The highest BCUT2D eigenvalue weighted by atomic mass is 32.2. The molecular weight excluding hydrogens is 450 g/mol. The second-order valence-corrected chi connectivity index (χ2v) is 9.58. The first-order valence-corrected chi connectivity index (χ1v) is 12.2. The zero-order valence-corrected chi connectivity index (χ0v) is 18.9. The highest BCUT2D eigenvalue weighted by molar-refractivity contribution is 7.91. The Hall–Kier alpha value is -2.92. The Morgan fingerprint density at radius 1 is 1.18 bits per heavy atom. The van der Waals surface area contributed by atoms with Gasteiger partial charge < -0.3 is 19.9 Å². The smallest absolute Gasteiger partial charge is 0.303 e. The number of piperidine rings is 1. The molecule has 4 amide bonds. The van der Waals surface area contributed by atoms with E-state index in [1.54, 1.807) is 18.2 Å². The number of hydrogen-bond acceptors (Lipinski definition) is 6. The van der Waals surface area contributed by atoms with Gasteiger partial charge in [0.1, 0.15) is 11.8 Å². The van der Waals surface area contributed by atoms with Crippen LogP contribution in [0.1, 0.15) is 60.9 Å². The first-order chi connectivity index (χ1) is 15.8. The molecule has 1 aromatic rings. The molecule has 3 N–H and O–H groups in total. The van der Waals surface area contributed by atoms with Gasteiger partial charge in [-0.05, 0) is 49.0 Å². The summed E-state index contributed by atoms with van der Waals surface area (Å²) in [6.45, 7) is 0.617. The maximum absolute atomic E-state index is 12.9. The van der Waals surface area contributed by atoms with E-state index in [9.17, 15) is 28.5 Å². The summed E-state index contributed by atoms with van der Waals surface area (Å²) in [4.78, 5) is 60.4. The number of imide groups is 1. The van der Waals surface area contributed by atoms with E-state index < -0.39 is 29.1 Å². The molecule has 2 aliphatic heterocycles. The molecule has 178 valence electrons. The lowest BCUT2D eigenvalue weighted by atomic mass is 10.0. The molecule has 1 saturated heterocycles. The fraction of sp³-hybridized carbons (Fsp3) is 0.500. The van der Waals surface area contributed by atoms with E-state index in [-0.39, 0.29) is 49.9 Å². The lowest BCUT2D eigenvalue weighted by Gasteiger charge is -2.29. The van der Waals surface area contributed by atoms with Crippen molar-refractivity contribution in [2.75, 3.05) is 12.3 Å². The van der Waals surface area contributed by atoms with Crippen LogP contribution in [-0.4, -0.2) is 62.5 Å². The van der Waals surface area contributed by atoms with Crippen LogP contribution >= 0.6 is 0 Å². The Bertz CT molecular complexity index is 952. The van der Waals surface area contributed by atoms with Crippen LogP contribution in [0.15, 0.2) is 23.1 Å². The van der Waals surface area contributed by atoms with Crippen molar-refractivity contribution in [1.82, 2.24) is 15.5 Å². The fourth-order valence-electron chi connectivity index (χ4n) is 3.95. The van der Waals surface area contributed by atoms with Gasteiger partial charge in [-0.15, -0.1) is 0 Å². The Morgan fingerprint density at radius 2 is 1.97 bits per heavy atom. The van der Waals surface area contributed by atoms with Gasteiger partial charge in [-0.1, -0.05) is 6.07 Å². The fourth-order valence-corrected chi connectivity index (χ4v) is 5.32. The van der Waals surface area contributed by atoms with E-state index in [1.165, 1.54) is 4.90 Å². The van der Waals surface area contributed by atoms with Crippen molar-refractivity contribution in [3.05, 3.63) is 29.3 Å². The third-order valence-electron chi connectivity index (χ3n) is 5.68. The predicted molar refractivity (Wildman–Crippen MR) is 117 cm³/mol. The summed E-state index contributed by atoms with van der Waals surface area (Å²) >= 11 is -1.32. The molecule has 33 heavy (non-hydrogen) atoms. The number of carbonyl (C=O) groups is 5. The molecule has 1 fully saturated rings. The number of nitrogens with zero attached hydrogens (tertiary/aromatic N) is 1. The minimum Gasteiger partial charge on any atom is -0.611 e. The van der Waals surface area contributed by atoms with Crippen LogP contribution in [-0.2, 0) is 36.9 Å².